The molecule has 2 heteroatoms. The Hall–Kier alpha value is -1.83. The van der Waals surface area contributed by atoms with Gasteiger partial charge in [-0.15, -0.1) is 0 Å². The van der Waals surface area contributed by atoms with Crippen LogP contribution in [0.25, 0.3) is 6.08 Å². The number of allylic oxidation sites excluding steroid dienone is 2. The lowest BCUT2D eigenvalue weighted by Gasteiger charge is -2.02. The third-order valence-corrected chi connectivity index (χ3v) is 3.00. The molecule has 2 rings (SSSR count). The third kappa shape index (κ3) is 3.10. The molecular formula is C16H18O2. The summed E-state index contributed by atoms with van der Waals surface area (Å²) in [4.78, 5) is 12.1. The molecule has 94 valence electrons. The van der Waals surface area contributed by atoms with E-state index in [9.17, 15) is 4.79 Å². The number of rotatable bonds is 5. The number of hydrogen-bond acceptors (Lipinski definition) is 2. The van der Waals surface area contributed by atoms with Crippen LogP contribution in [-0.4, -0.2) is 5.78 Å². The van der Waals surface area contributed by atoms with Crippen LogP contribution in [0.1, 0.15) is 38.2 Å². The minimum Gasteiger partial charge on any atom is -0.464 e. The van der Waals surface area contributed by atoms with Crippen molar-refractivity contribution in [1.82, 2.24) is 0 Å². The summed E-state index contributed by atoms with van der Waals surface area (Å²) in [6, 6.07) is 7.74. The molecule has 0 aromatic heterocycles. The Labute approximate surface area is 108 Å². The molecule has 0 radical (unpaired) electrons. The third-order valence-electron chi connectivity index (χ3n) is 3.00. The molecule has 2 nitrogen and oxygen atoms in total. The van der Waals surface area contributed by atoms with Gasteiger partial charge in [0.2, 0.25) is 0 Å². The van der Waals surface area contributed by atoms with Gasteiger partial charge in [0.15, 0.2) is 5.78 Å². The smallest absolute Gasteiger partial charge is 0.163 e. The highest BCUT2D eigenvalue weighted by atomic mass is 16.5. The van der Waals surface area contributed by atoms with Crippen LogP contribution in [-0.2, 0) is 4.79 Å². The van der Waals surface area contributed by atoms with Crippen molar-refractivity contribution in [3.8, 4) is 5.75 Å². The van der Waals surface area contributed by atoms with Gasteiger partial charge >= 0.3 is 0 Å². The van der Waals surface area contributed by atoms with Gasteiger partial charge in [0.1, 0.15) is 5.75 Å². The van der Waals surface area contributed by atoms with Crippen LogP contribution in [0.2, 0.25) is 0 Å². The summed E-state index contributed by atoms with van der Waals surface area (Å²) in [5.74, 6) is 0.991. The van der Waals surface area contributed by atoms with Crippen molar-refractivity contribution < 1.29 is 9.53 Å². The fourth-order valence-electron chi connectivity index (χ4n) is 1.96. The zero-order chi connectivity index (χ0) is 12.8. The van der Waals surface area contributed by atoms with E-state index in [2.05, 4.69) is 6.92 Å². The van der Waals surface area contributed by atoms with E-state index in [4.69, 9.17) is 4.74 Å². The lowest BCUT2D eigenvalue weighted by Crippen LogP contribution is -2.00. The first-order chi connectivity index (χ1) is 8.81. The molecule has 1 aromatic carbocycles. The van der Waals surface area contributed by atoms with Crippen LogP contribution in [0, 0.1) is 0 Å². The number of hydrogen-bond donors (Lipinski definition) is 0. The molecule has 0 aliphatic carbocycles. The minimum atomic E-state index is 0.194. The van der Waals surface area contributed by atoms with Crippen molar-refractivity contribution in [3.63, 3.8) is 0 Å². The van der Waals surface area contributed by atoms with Crippen LogP contribution >= 0.6 is 0 Å². The second-order valence-corrected chi connectivity index (χ2v) is 4.44. The van der Waals surface area contributed by atoms with Crippen molar-refractivity contribution >= 4 is 11.9 Å². The fraction of sp³-hybridized carbons (Fsp3) is 0.312. The van der Waals surface area contributed by atoms with Gasteiger partial charge in [-0.05, 0) is 24.6 Å². The first-order valence-corrected chi connectivity index (χ1v) is 6.48. The second kappa shape index (κ2) is 6.20. The van der Waals surface area contributed by atoms with E-state index in [1.807, 2.05) is 30.3 Å². The Morgan fingerprint density at radius 3 is 2.89 bits per heavy atom. The van der Waals surface area contributed by atoms with Gasteiger partial charge in [0.25, 0.3) is 0 Å². The summed E-state index contributed by atoms with van der Waals surface area (Å²) < 4.78 is 5.47. The summed E-state index contributed by atoms with van der Waals surface area (Å²) >= 11 is 0. The first-order valence-electron chi connectivity index (χ1n) is 6.48. The molecule has 0 bridgehead atoms. The normalized spacial score (nSPS) is 13.3. The number of unbranched alkanes of at least 4 members (excludes halogenated alkanes) is 2. The predicted molar refractivity (Wildman–Crippen MR) is 73.3 cm³/mol. The van der Waals surface area contributed by atoms with Crippen LogP contribution < -0.4 is 4.74 Å². The van der Waals surface area contributed by atoms with Gasteiger partial charge < -0.3 is 4.74 Å². The fourth-order valence-corrected chi connectivity index (χ4v) is 1.96. The Morgan fingerprint density at radius 2 is 2.06 bits per heavy atom. The van der Waals surface area contributed by atoms with Gasteiger partial charge in [0.05, 0.1) is 6.26 Å². The van der Waals surface area contributed by atoms with E-state index >= 15 is 0 Å². The Kier molecular flexibility index (Phi) is 4.35. The number of ketones is 1. The highest BCUT2D eigenvalue weighted by molar-refractivity contribution is 6.02. The summed E-state index contributed by atoms with van der Waals surface area (Å²) in [5.41, 5.74) is 1.69. The molecule has 0 fully saturated rings. The van der Waals surface area contributed by atoms with Gasteiger partial charge in [-0.1, -0.05) is 38.0 Å². The molecule has 1 aliphatic rings. The van der Waals surface area contributed by atoms with Crippen LogP contribution in [0.3, 0.4) is 0 Å². The Balaban J connectivity index is 2.13. The van der Waals surface area contributed by atoms with Crippen molar-refractivity contribution in [2.24, 2.45) is 0 Å². The molecule has 18 heavy (non-hydrogen) atoms. The molecule has 0 saturated heterocycles. The molecule has 1 aromatic rings. The molecular weight excluding hydrogens is 224 g/mol. The zero-order valence-corrected chi connectivity index (χ0v) is 10.7. The van der Waals surface area contributed by atoms with Gasteiger partial charge in [-0.25, -0.2) is 0 Å². The number of benzene rings is 1. The topological polar surface area (TPSA) is 26.3 Å². The minimum absolute atomic E-state index is 0.194. The number of Topliss-reactive ketones (excluding diaryl/α,β-unsaturated/α-hetero) is 1. The van der Waals surface area contributed by atoms with Crippen molar-refractivity contribution in [3.05, 3.63) is 47.7 Å². The average molecular weight is 242 g/mol. The standard InChI is InChI=1S/C16H18O2/c1-2-3-4-8-15(17)13-10-11-18-16-9-6-5-7-14(16)12-13/h5-7,9-12H,2-4,8H2,1H3. The Bertz CT molecular complexity index is 484. The summed E-state index contributed by atoms with van der Waals surface area (Å²) in [5, 5.41) is 0. The number of fused-ring (bicyclic) bond motifs is 1. The number of carbonyl (C=O) groups excluding carboxylic acids is 1. The highest BCUT2D eigenvalue weighted by Crippen LogP contribution is 2.25. The maximum atomic E-state index is 12.1. The molecule has 0 unspecified atom stereocenters. The summed E-state index contributed by atoms with van der Waals surface area (Å²) in [6.07, 6.45) is 9.08. The van der Waals surface area contributed by atoms with Crippen LogP contribution in [0.5, 0.6) is 5.75 Å². The molecule has 1 aliphatic heterocycles. The van der Waals surface area contributed by atoms with E-state index < -0.39 is 0 Å². The lowest BCUT2D eigenvalue weighted by molar-refractivity contribution is -0.115. The van der Waals surface area contributed by atoms with Gasteiger partial charge in [-0.3, -0.25) is 4.79 Å². The molecule has 0 spiro atoms. The van der Waals surface area contributed by atoms with Gasteiger partial charge in [-0.2, -0.15) is 0 Å². The average Bonchev–Trinajstić information content (AvgIpc) is 2.61. The van der Waals surface area contributed by atoms with E-state index in [0.717, 1.165) is 36.1 Å². The maximum absolute atomic E-state index is 12.1. The van der Waals surface area contributed by atoms with Gasteiger partial charge in [0, 0.05) is 17.6 Å². The number of ether oxygens (including phenoxy) is 1. The molecule has 0 N–H and O–H groups in total. The number of para-hydroxylation sites is 1. The van der Waals surface area contributed by atoms with E-state index in [1.54, 1.807) is 12.3 Å². The summed E-state index contributed by atoms with van der Waals surface area (Å²) in [7, 11) is 0. The quantitative estimate of drug-likeness (QED) is 0.726. The predicted octanol–water partition coefficient (Wildman–Crippen LogP) is 4.13. The largest absolute Gasteiger partial charge is 0.464 e. The lowest BCUT2D eigenvalue weighted by atomic mass is 10.0. The van der Waals surface area contributed by atoms with Crippen molar-refractivity contribution in [2.75, 3.05) is 0 Å². The highest BCUT2D eigenvalue weighted by Gasteiger charge is 2.11. The van der Waals surface area contributed by atoms with Crippen molar-refractivity contribution in [2.45, 2.75) is 32.6 Å². The second-order valence-electron chi connectivity index (χ2n) is 4.44. The van der Waals surface area contributed by atoms with Crippen LogP contribution in [0.4, 0.5) is 0 Å². The molecule has 0 atom stereocenters. The first kappa shape index (κ1) is 12.6. The molecule has 0 saturated carbocycles. The van der Waals surface area contributed by atoms with Crippen molar-refractivity contribution in [1.29, 1.82) is 0 Å². The summed E-state index contributed by atoms with van der Waals surface area (Å²) in [6.45, 7) is 2.14. The molecule has 1 heterocycles. The SMILES string of the molecule is CCCCCC(=O)C1=Cc2ccccc2OC=C1. The van der Waals surface area contributed by atoms with E-state index in [0.29, 0.717) is 6.42 Å². The van der Waals surface area contributed by atoms with Crippen LogP contribution in [0.15, 0.2) is 42.2 Å². The molecule has 0 amide bonds. The van der Waals surface area contributed by atoms with E-state index in [-0.39, 0.29) is 5.78 Å². The Morgan fingerprint density at radius 1 is 1.22 bits per heavy atom. The number of carbonyl (C=O) groups is 1. The maximum Gasteiger partial charge on any atom is 0.163 e. The van der Waals surface area contributed by atoms with E-state index in [1.165, 1.54) is 0 Å². The monoisotopic (exact) mass is 242 g/mol. The zero-order valence-electron chi connectivity index (χ0n) is 10.7.